The summed E-state index contributed by atoms with van der Waals surface area (Å²) in [6.45, 7) is 7.40. The van der Waals surface area contributed by atoms with E-state index in [4.69, 9.17) is 4.52 Å². The van der Waals surface area contributed by atoms with Gasteiger partial charge in [0.15, 0.2) is 5.82 Å². The normalized spacial score (nSPS) is 15.3. The van der Waals surface area contributed by atoms with Gasteiger partial charge in [-0.15, -0.1) is 11.3 Å². The first-order valence-corrected chi connectivity index (χ1v) is 9.09. The van der Waals surface area contributed by atoms with E-state index in [1.54, 1.807) is 18.1 Å². The fraction of sp³-hybridized carbons (Fsp3) is 0.625. The summed E-state index contributed by atoms with van der Waals surface area (Å²) in [5.74, 6) is 1.24. The summed E-state index contributed by atoms with van der Waals surface area (Å²) >= 11 is 1.47. The Morgan fingerprint density at radius 1 is 1.42 bits per heavy atom. The summed E-state index contributed by atoms with van der Waals surface area (Å²) in [6.07, 6.45) is 4.18. The molecule has 8 heteroatoms. The van der Waals surface area contributed by atoms with Gasteiger partial charge in [0, 0.05) is 13.0 Å². The fourth-order valence-electron chi connectivity index (χ4n) is 2.65. The van der Waals surface area contributed by atoms with Gasteiger partial charge in [0.05, 0.1) is 19.3 Å². The monoisotopic (exact) mass is 349 g/mol. The topological polar surface area (TPSA) is 75.4 Å². The molecular formula is C16H23N5O2S. The van der Waals surface area contributed by atoms with Gasteiger partial charge >= 0.3 is 0 Å². The average molecular weight is 349 g/mol. The number of hydrogen-bond acceptors (Lipinski definition) is 7. The minimum Gasteiger partial charge on any atom is -0.339 e. The first-order valence-electron chi connectivity index (χ1n) is 8.28. The van der Waals surface area contributed by atoms with Gasteiger partial charge in [-0.2, -0.15) is 4.98 Å². The van der Waals surface area contributed by atoms with Crippen molar-refractivity contribution in [1.82, 2.24) is 24.9 Å². The lowest BCUT2D eigenvalue weighted by atomic mass is 10.2. The van der Waals surface area contributed by atoms with E-state index in [9.17, 15) is 4.79 Å². The molecule has 24 heavy (non-hydrogen) atoms. The molecule has 1 fully saturated rings. The average Bonchev–Trinajstić information content (AvgIpc) is 3.28. The number of thiazole rings is 1. The predicted molar refractivity (Wildman–Crippen MR) is 90.8 cm³/mol. The largest absolute Gasteiger partial charge is 0.339 e. The molecule has 3 heterocycles. The van der Waals surface area contributed by atoms with Crippen LogP contribution < -0.4 is 0 Å². The highest BCUT2D eigenvalue weighted by Gasteiger charge is 2.20. The number of rotatable bonds is 6. The van der Waals surface area contributed by atoms with Crippen molar-refractivity contribution in [3.05, 3.63) is 27.8 Å². The molecule has 0 spiro atoms. The number of nitrogens with zero attached hydrogens (tertiary/aromatic N) is 5. The Morgan fingerprint density at radius 2 is 2.17 bits per heavy atom. The minimum absolute atomic E-state index is 0.0592. The van der Waals surface area contributed by atoms with Crippen LogP contribution in [-0.4, -0.2) is 51.0 Å². The fourth-order valence-corrected chi connectivity index (χ4v) is 3.61. The molecule has 2 aromatic heterocycles. The van der Waals surface area contributed by atoms with E-state index in [-0.39, 0.29) is 11.8 Å². The number of carbonyl (C=O) groups excluding carboxylic acids is 1. The molecule has 2 aromatic rings. The van der Waals surface area contributed by atoms with Crippen LogP contribution >= 0.6 is 11.3 Å². The van der Waals surface area contributed by atoms with Crippen LogP contribution in [0.4, 0.5) is 0 Å². The van der Waals surface area contributed by atoms with Crippen molar-refractivity contribution in [2.75, 3.05) is 20.1 Å². The second kappa shape index (κ2) is 7.40. The standard InChI is InChI=1S/C16H23N5O2S/c1-11(2)15-18-13(19-23-15)9-20(3)16(22)12-8-17-14(24-12)10-21-6-4-5-7-21/h8,11H,4-7,9-10H2,1-3H3. The van der Waals surface area contributed by atoms with Gasteiger partial charge in [-0.3, -0.25) is 9.69 Å². The van der Waals surface area contributed by atoms with Gasteiger partial charge in [-0.1, -0.05) is 19.0 Å². The highest BCUT2D eigenvalue weighted by Crippen LogP contribution is 2.20. The molecule has 0 radical (unpaired) electrons. The Labute approximate surface area is 145 Å². The Bertz CT molecular complexity index is 690. The molecule has 0 saturated carbocycles. The van der Waals surface area contributed by atoms with Crippen molar-refractivity contribution >= 4 is 17.2 Å². The second-order valence-corrected chi connectivity index (χ2v) is 7.58. The zero-order chi connectivity index (χ0) is 17.1. The molecule has 0 bridgehead atoms. The molecule has 0 atom stereocenters. The molecule has 7 nitrogen and oxygen atoms in total. The van der Waals surface area contributed by atoms with Crippen molar-refractivity contribution in [2.45, 2.75) is 45.7 Å². The summed E-state index contributed by atoms with van der Waals surface area (Å²) in [4.78, 5) is 25.9. The molecule has 0 unspecified atom stereocenters. The van der Waals surface area contributed by atoms with E-state index in [1.165, 1.54) is 24.2 Å². The van der Waals surface area contributed by atoms with Crippen LogP contribution in [0, 0.1) is 0 Å². The first-order chi connectivity index (χ1) is 11.5. The maximum atomic E-state index is 12.5. The van der Waals surface area contributed by atoms with E-state index in [0.29, 0.717) is 23.1 Å². The Morgan fingerprint density at radius 3 is 2.83 bits per heavy atom. The van der Waals surface area contributed by atoms with E-state index in [1.807, 2.05) is 13.8 Å². The highest BCUT2D eigenvalue weighted by molar-refractivity contribution is 7.13. The van der Waals surface area contributed by atoms with E-state index < -0.39 is 0 Å². The van der Waals surface area contributed by atoms with E-state index in [0.717, 1.165) is 24.6 Å². The van der Waals surface area contributed by atoms with Crippen LogP contribution in [0.3, 0.4) is 0 Å². The summed E-state index contributed by atoms with van der Waals surface area (Å²) in [5, 5.41) is 4.92. The smallest absolute Gasteiger partial charge is 0.265 e. The van der Waals surface area contributed by atoms with Gasteiger partial charge in [0.2, 0.25) is 5.89 Å². The molecule has 0 aromatic carbocycles. The molecule has 0 N–H and O–H groups in total. The quantitative estimate of drug-likeness (QED) is 0.798. The zero-order valence-electron chi connectivity index (χ0n) is 14.4. The maximum absolute atomic E-state index is 12.5. The van der Waals surface area contributed by atoms with Gasteiger partial charge in [-0.05, 0) is 25.9 Å². The van der Waals surface area contributed by atoms with Gasteiger partial charge in [0.25, 0.3) is 5.91 Å². The summed E-state index contributed by atoms with van der Waals surface area (Å²) in [5.41, 5.74) is 0. The molecule has 130 valence electrons. The Kier molecular flexibility index (Phi) is 5.25. The first kappa shape index (κ1) is 17.0. The Hall–Kier alpha value is -1.80. The molecule has 3 rings (SSSR count). The Balaban J connectivity index is 1.59. The van der Waals surface area contributed by atoms with Crippen LogP contribution in [0.15, 0.2) is 10.7 Å². The lowest BCUT2D eigenvalue weighted by molar-refractivity contribution is 0.0785. The SMILES string of the molecule is CC(C)c1nc(CN(C)C(=O)c2cnc(CN3CCCC3)s2)no1. The van der Waals surface area contributed by atoms with Gasteiger partial charge < -0.3 is 9.42 Å². The van der Waals surface area contributed by atoms with Crippen molar-refractivity contribution in [3.63, 3.8) is 0 Å². The molecule has 1 aliphatic rings. The van der Waals surface area contributed by atoms with Crippen LogP contribution in [0.25, 0.3) is 0 Å². The lowest BCUT2D eigenvalue weighted by Gasteiger charge is -2.13. The van der Waals surface area contributed by atoms with Crippen molar-refractivity contribution in [1.29, 1.82) is 0 Å². The zero-order valence-corrected chi connectivity index (χ0v) is 15.2. The third-order valence-corrected chi connectivity index (χ3v) is 4.99. The number of carbonyl (C=O) groups is 1. The second-order valence-electron chi connectivity index (χ2n) is 6.47. The molecule has 1 amide bonds. The van der Waals surface area contributed by atoms with Gasteiger partial charge in [0.1, 0.15) is 9.88 Å². The number of amides is 1. The minimum atomic E-state index is -0.0592. The summed E-state index contributed by atoms with van der Waals surface area (Å²) in [6, 6.07) is 0. The van der Waals surface area contributed by atoms with Crippen molar-refractivity contribution in [3.8, 4) is 0 Å². The molecule has 1 saturated heterocycles. The van der Waals surface area contributed by atoms with E-state index in [2.05, 4.69) is 20.0 Å². The highest BCUT2D eigenvalue weighted by atomic mass is 32.1. The predicted octanol–water partition coefficient (Wildman–Crippen LogP) is 2.52. The maximum Gasteiger partial charge on any atom is 0.265 e. The van der Waals surface area contributed by atoms with Crippen LogP contribution in [0.5, 0.6) is 0 Å². The number of hydrogen-bond donors (Lipinski definition) is 0. The summed E-state index contributed by atoms with van der Waals surface area (Å²) in [7, 11) is 1.74. The number of likely N-dealkylation sites (tertiary alicyclic amines) is 1. The third kappa shape index (κ3) is 3.99. The number of aromatic nitrogens is 3. The van der Waals surface area contributed by atoms with E-state index >= 15 is 0 Å². The summed E-state index contributed by atoms with van der Waals surface area (Å²) < 4.78 is 5.18. The van der Waals surface area contributed by atoms with Crippen molar-refractivity contribution < 1.29 is 9.32 Å². The van der Waals surface area contributed by atoms with Gasteiger partial charge in [-0.25, -0.2) is 4.98 Å². The van der Waals surface area contributed by atoms with Crippen molar-refractivity contribution in [2.24, 2.45) is 0 Å². The third-order valence-electron chi connectivity index (χ3n) is 4.02. The molecule has 1 aliphatic heterocycles. The van der Waals surface area contributed by atoms with Crippen LogP contribution in [0.2, 0.25) is 0 Å². The van der Waals surface area contributed by atoms with Crippen LogP contribution in [-0.2, 0) is 13.1 Å². The van der Waals surface area contributed by atoms with Crippen LogP contribution in [0.1, 0.15) is 59.0 Å². The molecule has 0 aliphatic carbocycles. The lowest BCUT2D eigenvalue weighted by Crippen LogP contribution is -2.26. The molecular weight excluding hydrogens is 326 g/mol.